The van der Waals surface area contributed by atoms with E-state index in [0.29, 0.717) is 19.5 Å². The second kappa shape index (κ2) is 6.02. The molecule has 4 heterocycles. The Balaban J connectivity index is 1.52. The molecule has 0 aliphatic carbocycles. The molecule has 0 unspecified atom stereocenters. The number of thiophene rings is 1. The summed E-state index contributed by atoms with van der Waals surface area (Å²) in [5, 5.41) is 7.04. The fourth-order valence-electron chi connectivity index (χ4n) is 3.98. The van der Waals surface area contributed by atoms with Crippen LogP contribution in [0.4, 0.5) is 0 Å². The minimum absolute atomic E-state index is 0.0934. The highest BCUT2D eigenvalue weighted by atomic mass is 32.1. The van der Waals surface area contributed by atoms with Gasteiger partial charge in [-0.1, -0.05) is 0 Å². The molecule has 2 aliphatic heterocycles. The summed E-state index contributed by atoms with van der Waals surface area (Å²) in [6.45, 7) is 1.35. The first-order chi connectivity index (χ1) is 11.7. The predicted molar refractivity (Wildman–Crippen MR) is 91.9 cm³/mol. The summed E-state index contributed by atoms with van der Waals surface area (Å²) in [4.78, 5) is 30.6. The summed E-state index contributed by atoms with van der Waals surface area (Å²) in [5.74, 6) is 0.358. The highest BCUT2D eigenvalue weighted by Gasteiger charge is 2.49. The number of pyridine rings is 1. The zero-order valence-electron chi connectivity index (χ0n) is 13.3. The standard InChI is InChI=1S/C18H19N3O2S/c22-16-11-15(13-1-6-19-7-2-13)18(20-16)4-8-21(9-5-18)17(23)14-3-10-24-12-14/h1-3,6-7,10,12,15H,4-5,8-9,11H2,(H,20,22)/t15-/m1/s1. The molecule has 0 radical (unpaired) electrons. The van der Waals surface area contributed by atoms with Gasteiger partial charge in [0.1, 0.15) is 0 Å². The quantitative estimate of drug-likeness (QED) is 0.912. The lowest BCUT2D eigenvalue weighted by atomic mass is 9.74. The van der Waals surface area contributed by atoms with Crippen LogP contribution in [0, 0.1) is 0 Å². The molecule has 24 heavy (non-hydrogen) atoms. The van der Waals surface area contributed by atoms with Crippen LogP contribution in [0.2, 0.25) is 0 Å². The van der Waals surface area contributed by atoms with Crippen molar-refractivity contribution in [3.05, 3.63) is 52.5 Å². The van der Waals surface area contributed by atoms with Crippen molar-refractivity contribution in [1.82, 2.24) is 15.2 Å². The van der Waals surface area contributed by atoms with E-state index in [1.807, 2.05) is 33.9 Å². The van der Waals surface area contributed by atoms with Gasteiger partial charge in [0.05, 0.1) is 11.1 Å². The predicted octanol–water partition coefficient (Wildman–Crippen LogP) is 2.42. The average Bonchev–Trinajstić information content (AvgIpc) is 3.24. The molecule has 2 fully saturated rings. The number of rotatable bonds is 2. The molecule has 124 valence electrons. The molecule has 1 spiro atoms. The number of nitrogens with zero attached hydrogens (tertiary/aromatic N) is 2. The third kappa shape index (κ3) is 2.60. The molecule has 0 aromatic carbocycles. The summed E-state index contributed by atoms with van der Waals surface area (Å²) in [6, 6.07) is 5.86. The number of hydrogen-bond donors (Lipinski definition) is 1. The number of aromatic nitrogens is 1. The van der Waals surface area contributed by atoms with E-state index in [0.717, 1.165) is 24.0 Å². The van der Waals surface area contributed by atoms with Gasteiger partial charge in [-0.3, -0.25) is 14.6 Å². The van der Waals surface area contributed by atoms with Gasteiger partial charge < -0.3 is 10.2 Å². The first kappa shape index (κ1) is 15.3. The topological polar surface area (TPSA) is 62.3 Å². The van der Waals surface area contributed by atoms with Crippen molar-refractivity contribution in [2.45, 2.75) is 30.7 Å². The summed E-state index contributed by atoms with van der Waals surface area (Å²) in [5.41, 5.74) is 1.68. The van der Waals surface area contributed by atoms with E-state index >= 15 is 0 Å². The molecule has 0 bridgehead atoms. The summed E-state index contributed by atoms with van der Waals surface area (Å²) in [6.07, 6.45) is 5.66. The molecular formula is C18H19N3O2S. The van der Waals surface area contributed by atoms with Crippen LogP contribution in [0.25, 0.3) is 0 Å². The van der Waals surface area contributed by atoms with Crippen molar-refractivity contribution in [1.29, 1.82) is 0 Å². The average molecular weight is 341 g/mol. The van der Waals surface area contributed by atoms with E-state index in [-0.39, 0.29) is 23.3 Å². The van der Waals surface area contributed by atoms with Crippen LogP contribution in [-0.2, 0) is 4.79 Å². The van der Waals surface area contributed by atoms with Crippen LogP contribution in [0.1, 0.15) is 41.1 Å². The lowest BCUT2D eigenvalue weighted by Crippen LogP contribution is -2.54. The Morgan fingerprint density at radius 3 is 2.67 bits per heavy atom. The van der Waals surface area contributed by atoms with Gasteiger partial charge in [0, 0.05) is 43.2 Å². The molecular weight excluding hydrogens is 322 g/mol. The van der Waals surface area contributed by atoms with E-state index in [4.69, 9.17) is 0 Å². The normalized spacial score (nSPS) is 22.6. The lowest BCUT2D eigenvalue weighted by molar-refractivity contribution is -0.120. The number of likely N-dealkylation sites (tertiary alicyclic amines) is 1. The Hall–Kier alpha value is -2.21. The number of hydrogen-bond acceptors (Lipinski definition) is 4. The van der Waals surface area contributed by atoms with Gasteiger partial charge in [0.15, 0.2) is 0 Å². The Morgan fingerprint density at radius 1 is 1.25 bits per heavy atom. The van der Waals surface area contributed by atoms with Crippen molar-refractivity contribution < 1.29 is 9.59 Å². The minimum atomic E-state index is -0.232. The number of carbonyl (C=O) groups excluding carboxylic acids is 2. The van der Waals surface area contributed by atoms with Crippen molar-refractivity contribution in [2.75, 3.05) is 13.1 Å². The van der Waals surface area contributed by atoms with E-state index in [2.05, 4.69) is 10.3 Å². The van der Waals surface area contributed by atoms with Gasteiger partial charge in [0.2, 0.25) is 5.91 Å². The molecule has 5 nitrogen and oxygen atoms in total. The maximum absolute atomic E-state index is 12.5. The van der Waals surface area contributed by atoms with E-state index in [9.17, 15) is 9.59 Å². The molecule has 4 rings (SSSR count). The largest absolute Gasteiger partial charge is 0.350 e. The first-order valence-electron chi connectivity index (χ1n) is 8.20. The lowest BCUT2D eigenvalue weighted by Gasteiger charge is -2.43. The fraction of sp³-hybridized carbons (Fsp3) is 0.389. The second-order valence-electron chi connectivity index (χ2n) is 6.55. The molecule has 2 saturated heterocycles. The second-order valence-corrected chi connectivity index (χ2v) is 7.33. The minimum Gasteiger partial charge on any atom is -0.350 e. The Kier molecular flexibility index (Phi) is 3.84. The van der Waals surface area contributed by atoms with E-state index < -0.39 is 0 Å². The zero-order valence-corrected chi connectivity index (χ0v) is 14.1. The third-order valence-corrected chi connectivity index (χ3v) is 5.95. The van der Waals surface area contributed by atoms with Gasteiger partial charge in [-0.05, 0) is 42.0 Å². The van der Waals surface area contributed by atoms with Gasteiger partial charge in [0.25, 0.3) is 5.91 Å². The molecule has 2 aromatic rings. The maximum atomic E-state index is 12.5. The van der Waals surface area contributed by atoms with Gasteiger partial charge in [-0.25, -0.2) is 0 Å². The van der Waals surface area contributed by atoms with Crippen LogP contribution >= 0.6 is 11.3 Å². The smallest absolute Gasteiger partial charge is 0.254 e. The highest BCUT2D eigenvalue weighted by Crippen LogP contribution is 2.43. The van der Waals surface area contributed by atoms with Crippen LogP contribution in [-0.4, -0.2) is 40.3 Å². The maximum Gasteiger partial charge on any atom is 0.254 e. The molecule has 6 heteroatoms. The Morgan fingerprint density at radius 2 is 2.00 bits per heavy atom. The first-order valence-corrected chi connectivity index (χ1v) is 9.15. The Bertz CT molecular complexity index is 737. The van der Waals surface area contributed by atoms with E-state index in [1.54, 1.807) is 12.4 Å². The Labute approximate surface area is 144 Å². The van der Waals surface area contributed by atoms with Crippen LogP contribution < -0.4 is 5.32 Å². The van der Waals surface area contributed by atoms with Crippen molar-refractivity contribution >= 4 is 23.2 Å². The molecule has 0 saturated carbocycles. The number of amides is 2. The summed E-state index contributed by atoms with van der Waals surface area (Å²) < 4.78 is 0. The van der Waals surface area contributed by atoms with Crippen molar-refractivity contribution in [2.24, 2.45) is 0 Å². The highest BCUT2D eigenvalue weighted by molar-refractivity contribution is 7.08. The van der Waals surface area contributed by atoms with E-state index in [1.165, 1.54) is 11.3 Å². The molecule has 2 aliphatic rings. The fourth-order valence-corrected chi connectivity index (χ4v) is 4.61. The number of carbonyl (C=O) groups is 2. The summed E-state index contributed by atoms with van der Waals surface area (Å²) in [7, 11) is 0. The van der Waals surface area contributed by atoms with Gasteiger partial charge in [-0.15, -0.1) is 0 Å². The molecule has 2 amide bonds. The van der Waals surface area contributed by atoms with Crippen LogP contribution in [0.15, 0.2) is 41.4 Å². The van der Waals surface area contributed by atoms with Crippen molar-refractivity contribution in [3.8, 4) is 0 Å². The SMILES string of the molecule is O=C1C[C@H](c2ccncc2)C2(CCN(C(=O)c3ccsc3)CC2)N1. The van der Waals surface area contributed by atoms with Crippen molar-refractivity contribution in [3.63, 3.8) is 0 Å². The third-order valence-electron chi connectivity index (χ3n) is 5.26. The molecule has 1 atom stereocenters. The zero-order chi connectivity index (χ0) is 16.6. The van der Waals surface area contributed by atoms with Gasteiger partial charge >= 0.3 is 0 Å². The monoisotopic (exact) mass is 341 g/mol. The molecule has 1 N–H and O–H groups in total. The van der Waals surface area contributed by atoms with Crippen LogP contribution in [0.3, 0.4) is 0 Å². The number of piperidine rings is 1. The van der Waals surface area contributed by atoms with Gasteiger partial charge in [-0.2, -0.15) is 11.3 Å². The molecule has 2 aromatic heterocycles. The summed E-state index contributed by atoms with van der Waals surface area (Å²) >= 11 is 1.54. The number of nitrogens with one attached hydrogen (secondary N) is 1. The van der Waals surface area contributed by atoms with Crippen LogP contribution in [0.5, 0.6) is 0 Å².